The first-order valence-electron chi connectivity index (χ1n) is 9.83. The molecular weight excluding hydrogens is 408 g/mol. The van der Waals surface area contributed by atoms with Gasteiger partial charge >= 0.3 is 0 Å². The molecule has 0 unspecified atom stereocenters. The fraction of sp³-hybridized carbons (Fsp3) is 0.450. The molecule has 1 fully saturated rings. The maximum Gasteiger partial charge on any atom is 0.259 e. The summed E-state index contributed by atoms with van der Waals surface area (Å²) in [5, 5.41) is 0. The van der Waals surface area contributed by atoms with E-state index in [2.05, 4.69) is 9.97 Å². The molecule has 0 spiro atoms. The summed E-state index contributed by atoms with van der Waals surface area (Å²) in [6.07, 6.45) is 4.83. The highest BCUT2D eigenvalue weighted by molar-refractivity contribution is 7.89. The molecule has 0 bridgehead atoms. The van der Waals surface area contributed by atoms with Crippen LogP contribution in [0, 0.1) is 0 Å². The maximum atomic E-state index is 13.3. The lowest BCUT2D eigenvalue weighted by atomic mass is 10.2. The maximum absolute atomic E-state index is 13.3. The van der Waals surface area contributed by atoms with E-state index >= 15 is 0 Å². The Kier molecular flexibility index (Phi) is 7.72. The van der Waals surface area contributed by atoms with Gasteiger partial charge in [0.25, 0.3) is 5.91 Å². The van der Waals surface area contributed by atoms with Crippen molar-refractivity contribution in [2.75, 3.05) is 45.2 Å². The predicted molar refractivity (Wildman–Crippen MR) is 111 cm³/mol. The number of pyridine rings is 2. The molecule has 2 aromatic rings. The van der Waals surface area contributed by atoms with E-state index in [1.807, 2.05) is 6.92 Å². The average molecular weight is 435 g/mol. The normalized spacial score (nSPS) is 15.0. The van der Waals surface area contributed by atoms with Gasteiger partial charge in [0.2, 0.25) is 15.9 Å². The zero-order chi connectivity index (χ0) is 21.4. The lowest BCUT2D eigenvalue weighted by molar-refractivity contribution is 0.0715. The van der Waals surface area contributed by atoms with Crippen LogP contribution >= 0.6 is 0 Å². The van der Waals surface area contributed by atoms with Crippen molar-refractivity contribution in [2.45, 2.75) is 13.5 Å². The fourth-order valence-electron chi connectivity index (χ4n) is 3.12. The molecule has 0 aliphatic carbocycles. The van der Waals surface area contributed by atoms with Crippen molar-refractivity contribution < 1.29 is 22.7 Å². The zero-order valence-corrected chi connectivity index (χ0v) is 17.8. The number of ether oxygens (including phenoxy) is 2. The first kappa shape index (κ1) is 22.1. The highest BCUT2D eigenvalue weighted by atomic mass is 32.2. The summed E-state index contributed by atoms with van der Waals surface area (Å²) in [5.41, 5.74) is 1.15. The van der Waals surface area contributed by atoms with Gasteiger partial charge < -0.3 is 14.4 Å². The molecule has 3 rings (SSSR count). The van der Waals surface area contributed by atoms with E-state index in [-0.39, 0.29) is 30.6 Å². The van der Waals surface area contributed by atoms with Gasteiger partial charge in [-0.05, 0) is 36.8 Å². The van der Waals surface area contributed by atoms with E-state index in [9.17, 15) is 13.2 Å². The Morgan fingerprint density at radius 1 is 1.20 bits per heavy atom. The molecule has 9 nitrogen and oxygen atoms in total. The molecular formula is C20H26N4O5S. The molecule has 3 heterocycles. The van der Waals surface area contributed by atoms with Gasteiger partial charge in [-0.1, -0.05) is 0 Å². The standard InChI is InChI=1S/C20H26N4O5S/c1-2-29-19-18(4-3-7-22-19)20(25)23(16-17-5-8-21-9-6-17)12-15-30(26,27)24-10-13-28-14-11-24/h3-9H,2,10-16H2,1H3. The molecule has 162 valence electrons. The van der Waals surface area contributed by atoms with Crippen molar-refractivity contribution in [3.8, 4) is 5.88 Å². The Hall–Kier alpha value is -2.56. The van der Waals surface area contributed by atoms with Gasteiger partial charge in [0.05, 0.1) is 25.6 Å². The first-order valence-corrected chi connectivity index (χ1v) is 11.4. The molecule has 1 aliphatic rings. The van der Waals surface area contributed by atoms with Gasteiger partial charge in [-0.15, -0.1) is 0 Å². The third kappa shape index (κ3) is 5.74. The van der Waals surface area contributed by atoms with Crippen LogP contribution in [0.3, 0.4) is 0 Å². The molecule has 10 heteroatoms. The topological polar surface area (TPSA) is 102 Å². The van der Waals surface area contributed by atoms with Crippen LogP contribution < -0.4 is 4.74 Å². The van der Waals surface area contributed by atoms with Crippen molar-refractivity contribution in [3.63, 3.8) is 0 Å². The van der Waals surface area contributed by atoms with Crippen LogP contribution in [0.25, 0.3) is 0 Å². The number of rotatable bonds is 9. The van der Waals surface area contributed by atoms with Gasteiger partial charge in [-0.25, -0.2) is 13.4 Å². The summed E-state index contributed by atoms with van der Waals surface area (Å²) in [6.45, 7) is 3.90. The highest BCUT2D eigenvalue weighted by Crippen LogP contribution is 2.19. The van der Waals surface area contributed by atoms with Crippen LogP contribution in [0.5, 0.6) is 5.88 Å². The van der Waals surface area contributed by atoms with Gasteiger partial charge in [-0.2, -0.15) is 4.31 Å². The smallest absolute Gasteiger partial charge is 0.259 e. The number of carbonyl (C=O) groups is 1. The van der Waals surface area contributed by atoms with E-state index in [1.165, 1.54) is 9.21 Å². The van der Waals surface area contributed by atoms with Crippen LogP contribution in [0.15, 0.2) is 42.9 Å². The van der Waals surface area contributed by atoms with Crippen molar-refractivity contribution in [1.82, 2.24) is 19.2 Å². The zero-order valence-electron chi connectivity index (χ0n) is 16.9. The largest absolute Gasteiger partial charge is 0.477 e. The van der Waals surface area contributed by atoms with Gasteiger partial charge in [0.1, 0.15) is 5.56 Å². The van der Waals surface area contributed by atoms with E-state index in [0.29, 0.717) is 38.5 Å². The molecule has 0 atom stereocenters. The lowest BCUT2D eigenvalue weighted by Crippen LogP contribution is -2.44. The van der Waals surface area contributed by atoms with Crippen molar-refractivity contribution >= 4 is 15.9 Å². The average Bonchev–Trinajstić information content (AvgIpc) is 2.78. The minimum absolute atomic E-state index is 0.0430. The van der Waals surface area contributed by atoms with Gasteiger partial charge in [-0.3, -0.25) is 9.78 Å². The molecule has 0 N–H and O–H groups in total. The van der Waals surface area contributed by atoms with E-state index in [0.717, 1.165) is 5.56 Å². The minimum atomic E-state index is -3.51. The summed E-state index contributed by atoms with van der Waals surface area (Å²) in [7, 11) is -3.51. The molecule has 1 amide bonds. The van der Waals surface area contributed by atoms with Crippen molar-refractivity contribution in [3.05, 3.63) is 54.0 Å². The highest BCUT2D eigenvalue weighted by Gasteiger charge is 2.27. The molecule has 30 heavy (non-hydrogen) atoms. The predicted octanol–water partition coefficient (Wildman–Crippen LogP) is 1.18. The van der Waals surface area contributed by atoms with Gasteiger partial charge in [0.15, 0.2) is 0 Å². The summed E-state index contributed by atoms with van der Waals surface area (Å²) >= 11 is 0. The third-order valence-electron chi connectivity index (χ3n) is 4.68. The monoisotopic (exact) mass is 434 g/mol. The molecule has 0 aromatic carbocycles. The summed E-state index contributed by atoms with van der Waals surface area (Å²) < 4.78 is 37.7. The van der Waals surface area contributed by atoms with Crippen molar-refractivity contribution in [2.24, 2.45) is 0 Å². The second-order valence-corrected chi connectivity index (χ2v) is 8.79. The Bertz CT molecular complexity index is 933. The Morgan fingerprint density at radius 2 is 1.93 bits per heavy atom. The molecule has 1 aliphatic heterocycles. The number of aromatic nitrogens is 2. The number of amides is 1. The molecule has 2 aromatic heterocycles. The van der Waals surface area contributed by atoms with E-state index in [4.69, 9.17) is 9.47 Å². The quantitative estimate of drug-likeness (QED) is 0.584. The molecule has 1 saturated heterocycles. The van der Waals surface area contributed by atoms with Crippen LogP contribution in [0.2, 0.25) is 0 Å². The Balaban J connectivity index is 1.81. The number of morpholine rings is 1. The number of nitrogens with zero attached hydrogens (tertiary/aromatic N) is 4. The first-order chi connectivity index (χ1) is 14.5. The minimum Gasteiger partial charge on any atom is -0.477 e. The number of carbonyl (C=O) groups excluding carboxylic acids is 1. The fourth-order valence-corrected chi connectivity index (χ4v) is 4.53. The summed E-state index contributed by atoms with van der Waals surface area (Å²) in [5.74, 6) is -0.269. The number of hydrogen-bond acceptors (Lipinski definition) is 7. The van der Waals surface area contributed by atoms with Gasteiger partial charge in [0, 0.05) is 44.8 Å². The SMILES string of the molecule is CCOc1ncccc1C(=O)N(CCS(=O)(=O)N1CCOCC1)Cc1ccncc1. The van der Waals surface area contributed by atoms with Crippen LogP contribution in [-0.2, 0) is 21.3 Å². The Morgan fingerprint density at radius 3 is 2.63 bits per heavy atom. The molecule has 0 saturated carbocycles. The van der Waals surface area contributed by atoms with E-state index < -0.39 is 10.0 Å². The lowest BCUT2D eigenvalue weighted by Gasteiger charge is -2.28. The van der Waals surface area contributed by atoms with Crippen LogP contribution in [0.4, 0.5) is 0 Å². The second-order valence-electron chi connectivity index (χ2n) is 6.70. The third-order valence-corrected chi connectivity index (χ3v) is 6.53. The summed E-state index contributed by atoms with van der Waals surface area (Å²) in [4.78, 5) is 22.9. The van der Waals surface area contributed by atoms with Crippen molar-refractivity contribution in [1.29, 1.82) is 0 Å². The second kappa shape index (κ2) is 10.5. The number of sulfonamides is 1. The molecule has 0 radical (unpaired) electrons. The van der Waals surface area contributed by atoms with Crippen LogP contribution in [-0.4, -0.2) is 78.7 Å². The summed E-state index contributed by atoms with van der Waals surface area (Å²) in [6, 6.07) is 6.88. The Labute approximate surface area is 176 Å². The van der Waals surface area contributed by atoms with E-state index in [1.54, 1.807) is 42.9 Å². The van der Waals surface area contributed by atoms with Crippen LogP contribution in [0.1, 0.15) is 22.8 Å². The number of hydrogen-bond donors (Lipinski definition) is 0.